The average Bonchev–Trinajstić information content (AvgIpc) is 3.47. The third-order valence-electron chi connectivity index (χ3n) is 8.68. The number of alkyl halides is 3. The molecule has 2 nitrogen and oxygen atoms in total. The molecule has 1 radical (unpaired) electrons. The Morgan fingerprint density at radius 1 is 0.840 bits per heavy atom. The van der Waals surface area contributed by atoms with Crippen molar-refractivity contribution >= 4 is 44.8 Å². The number of pyridine rings is 2. The topological polar surface area (TPSA) is 25.8 Å². The van der Waals surface area contributed by atoms with E-state index < -0.39 is 25.7 Å². The molecule has 1 atom stereocenters. The molecule has 4 aromatic carbocycles. The van der Waals surface area contributed by atoms with Crippen molar-refractivity contribution in [2.45, 2.75) is 52.5 Å². The molecule has 3 aromatic heterocycles. The maximum atomic E-state index is 13.9. The van der Waals surface area contributed by atoms with E-state index in [0.29, 0.717) is 21.3 Å². The molecular formula is C42H37F3IrN2SSi-2. The Balaban J connectivity index is 0.000000249. The van der Waals surface area contributed by atoms with Crippen molar-refractivity contribution in [3.8, 4) is 22.5 Å². The molecule has 0 aliphatic rings. The number of thiophene rings is 1. The summed E-state index contributed by atoms with van der Waals surface area (Å²) in [5.41, 5.74) is 6.06. The van der Waals surface area contributed by atoms with Crippen molar-refractivity contribution in [2.75, 3.05) is 0 Å². The molecule has 3 heterocycles. The van der Waals surface area contributed by atoms with Crippen LogP contribution in [0.3, 0.4) is 0 Å². The quantitative estimate of drug-likeness (QED) is 0.127. The molecule has 0 aliphatic carbocycles. The van der Waals surface area contributed by atoms with Gasteiger partial charge in [-0.15, -0.1) is 53.6 Å². The third kappa shape index (κ3) is 7.84. The van der Waals surface area contributed by atoms with Crippen LogP contribution in [0.5, 0.6) is 0 Å². The minimum Gasteiger partial charge on any atom is -0.305 e. The number of halogens is 3. The molecule has 0 bridgehead atoms. The molecule has 0 aliphatic heterocycles. The number of benzene rings is 4. The van der Waals surface area contributed by atoms with E-state index in [2.05, 4.69) is 53.9 Å². The van der Waals surface area contributed by atoms with Gasteiger partial charge in [0.1, 0.15) is 0 Å². The zero-order chi connectivity index (χ0) is 35.8. The Hall–Kier alpha value is -3.94. The summed E-state index contributed by atoms with van der Waals surface area (Å²) in [5, 5.41) is 2.15. The number of hydrogen-bond donors (Lipinski definition) is 0. The standard InChI is InChI=1S/C28H21F3NS.C14H16NSi.Ir/c1-16-7-6-8-17(2)25(16)18(3)19-13-14-32-23(15-19)20-11-12-22(28(29,30)31)26-21-9-4-5-10-24(21)33-27(20)26;1-16(2,3)13-9-10-14(15-11-13)12-7-5-4-6-8-12;/h4-10,12-15,18H,1-3H3;4-7,9-11H,1-3H3;/q2*-1;/i18D;;. The van der Waals surface area contributed by atoms with Crippen molar-refractivity contribution < 1.29 is 34.6 Å². The van der Waals surface area contributed by atoms with Crippen LogP contribution >= 0.6 is 11.3 Å². The summed E-state index contributed by atoms with van der Waals surface area (Å²) in [7, 11) is -1.23. The van der Waals surface area contributed by atoms with E-state index in [1.54, 1.807) is 24.4 Å². The summed E-state index contributed by atoms with van der Waals surface area (Å²) in [5.74, 6) is -1.06. The van der Waals surface area contributed by atoms with Gasteiger partial charge >= 0.3 is 6.18 Å². The molecule has 7 rings (SSSR count). The molecular weight excluding hydrogens is 842 g/mol. The van der Waals surface area contributed by atoms with E-state index in [4.69, 9.17) is 0 Å². The van der Waals surface area contributed by atoms with Gasteiger partial charge in [0.25, 0.3) is 0 Å². The van der Waals surface area contributed by atoms with E-state index in [0.717, 1.165) is 44.3 Å². The van der Waals surface area contributed by atoms with Crippen molar-refractivity contribution in [2.24, 2.45) is 0 Å². The van der Waals surface area contributed by atoms with E-state index in [1.165, 1.54) is 16.5 Å². The summed E-state index contributed by atoms with van der Waals surface area (Å²) in [6, 6.07) is 36.0. The van der Waals surface area contributed by atoms with Gasteiger partial charge in [0.15, 0.2) is 0 Å². The molecule has 0 fully saturated rings. The zero-order valence-electron chi connectivity index (χ0n) is 29.7. The molecule has 1 unspecified atom stereocenters. The maximum absolute atomic E-state index is 13.9. The van der Waals surface area contributed by atoms with E-state index in [-0.39, 0.29) is 25.5 Å². The van der Waals surface area contributed by atoms with Gasteiger partial charge in [0, 0.05) is 44.5 Å². The molecule has 257 valence electrons. The second-order valence-corrected chi connectivity index (χ2v) is 19.3. The summed E-state index contributed by atoms with van der Waals surface area (Å²) in [6.07, 6.45) is -0.855. The number of fused-ring (bicyclic) bond motifs is 3. The Morgan fingerprint density at radius 2 is 1.56 bits per heavy atom. The fourth-order valence-corrected chi connectivity index (χ4v) is 8.35. The van der Waals surface area contributed by atoms with Gasteiger partial charge in [-0.1, -0.05) is 86.5 Å². The molecule has 0 spiro atoms. The first kappa shape index (κ1) is 35.9. The van der Waals surface area contributed by atoms with Crippen LogP contribution in [-0.4, -0.2) is 18.0 Å². The minimum atomic E-state index is -4.49. The van der Waals surface area contributed by atoms with Crippen LogP contribution in [0.25, 0.3) is 42.7 Å². The second kappa shape index (κ2) is 15.1. The van der Waals surface area contributed by atoms with Crippen molar-refractivity contribution in [1.29, 1.82) is 0 Å². The summed E-state index contributed by atoms with van der Waals surface area (Å²) < 4.78 is 52.2. The second-order valence-electron chi connectivity index (χ2n) is 13.2. The predicted octanol–water partition coefficient (Wildman–Crippen LogP) is 11.8. The smallest absolute Gasteiger partial charge is 0.305 e. The Kier molecular flexibility index (Phi) is 10.8. The molecule has 0 saturated heterocycles. The van der Waals surface area contributed by atoms with Gasteiger partial charge in [-0.3, -0.25) is 0 Å². The van der Waals surface area contributed by atoms with Crippen molar-refractivity contribution in [3.63, 3.8) is 0 Å². The Morgan fingerprint density at radius 3 is 2.20 bits per heavy atom. The minimum absolute atomic E-state index is 0. The van der Waals surface area contributed by atoms with E-state index >= 15 is 0 Å². The monoisotopic (exact) mass is 880 g/mol. The van der Waals surface area contributed by atoms with Crippen LogP contribution in [0.4, 0.5) is 13.2 Å². The SMILES string of the molecule is C[Si](C)(C)c1ccc(-c2[c-]cccc2)nc1.[2H]C(C)(c1ccnc(-c2[c-]cc(C(F)(F)F)c3c2sc2ccccc23)c1)c1c(C)cccc1C.[Ir]. The number of aromatic nitrogens is 2. The molecule has 0 N–H and O–H groups in total. The number of rotatable bonds is 5. The molecule has 0 amide bonds. The molecule has 50 heavy (non-hydrogen) atoms. The van der Waals surface area contributed by atoms with Crippen molar-refractivity contribution in [1.82, 2.24) is 9.97 Å². The summed E-state index contributed by atoms with van der Waals surface area (Å²) in [4.78, 5) is 9.00. The van der Waals surface area contributed by atoms with Crippen LogP contribution in [0, 0.1) is 26.0 Å². The number of nitrogens with zero attached hydrogens (tertiary/aromatic N) is 2. The summed E-state index contributed by atoms with van der Waals surface area (Å²) >= 11 is 1.31. The summed E-state index contributed by atoms with van der Waals surface area (Å²) in [6.45, 7) is 12.8. The van der Waals surface area contributed by atoms with Gasteiger partial charge < -0.3 is 9.97 Å². The zero-order valence-corrected chi connectivity index (χ0v) is 32.9. The maximum Gasteiger partial charge on any atom is 0.382 e. The van der Waals surface area contributed by atoms with Gasteiger partial charge in [-0.05, 0) is 80.5 Å². The third-order valence-corrected chi connectivity index (χ3v) is 11.9. The first-order valence-electron chi connectivity index (χ1n) is 16.6. The van der Waals surface area contributed by atoms with Crippen LogP contribution in [0.2, 0.25) is 19.6 Å². The molecule has 8 heteroatoms. The van der Waals surface area contributed by atoms with Gasteiger partial charge in [-0.2, -0.15) is 24.5 Å². The van der Waals surface area contributed by atoms with Crippen LogP contribution < -0.4 is 5.19 Å². The number of hydrogen-bond acceptors (Lipinski definition) is 3. The van der Waals surface area contributed by atoms with Gasteiger partial charge in [0.2, 0.25) is 0 Å². The van der Waals surface area contributed by atoms with E-state index in [9.17, 15) is 14.5 Å². The molecule has 7 aromatic rings. The average molecular weight is 880 g/mol. The van der Waals surface area contributed by atoms with Gasteiger partial charge in [-0.25, -0.2) is 0 Å². The Bertz CT molecular complexity index is 2280. The van der Waals surface area contributed by atoms with Crippen LogP contribution in [-0.2, 0) is 26.3 Å². The largest absolute Gasteiger partial charge is 0.382 e. The Labute approximate surface area is 312 Å². The van der Waals surface area contributed by atoms with Gasteiger partial charge in [0.05, 0.1) is 8.07 Å². The first-order chi connectivity index (χ1) is 23.7. The van der Waals surface area contributed by atoms with Crippen molar-refractivity contribution in [3.05, 3.63) is 149 Å². The predicted molar refractivity (Wildman–Crippen MR) is 201 cm³/mol. The first-order valence-corrected chi connectivity index (χ1v) is 20.4. The van der Waals surface area contributed by atoms with E-state index in [1.807, 2.05) is 87.6 Å². The normalized spacial score (nSPS) is 13.2. The fraction of sp³-hybridized carbons (Fsp3) is 0.190. The molecule has 0 saturated carbocycles. The van der Waals surface area contributed by atoms with Crippen LogP contribution in [0.15, 0.2) is 109 Å². The van der Waals surface area contributed by atoms with Crippen LogP contribution in [0.1, 0.15) is 42.0 Å². The number of aryl methyl sites for hydroxylation is 2. The fourth-order valence-electron chi connectivity index (χ4n) is 6.09.